The maximum atomic E-state index is 13.1. The number of rotatable bonds is 6. The van der Waals surface area contributed by atoms with Crippen LogP contribution >= 0.6 is 0 Å². The van der Waals surface area contributed by atoms with Crippen molar-refractivity contribution in [2.24, 2.45) is 0 Å². The molecule has 2 nitrogen and oxygen atoms in total. The molecule has 0 aliphatic heterocycles. The van der Waals surface area contributed by atoms with Crippen LogP contribution in [0.3, 0.4) is 0 Å². The van der Waals surface area contributed by atoms with E-state index in [1.165, 1.54) is 18.2 Å². The van der Waals surface area contributed by atoms with Gasteiger partial charge >= 0.3 is 0 Å². The fraction of sp³-hybridized carbons (Fsp3) is 0.250. The first kappa shape index (κ1) is 14.5. The predicted octanol–water partition coefficient (Wildman–Crippen LogP) is 3.51. The van der Waals surface area contributed by atoms with Gasteiger partial charge in [0.2, 0.25) is 0 Å². The van der Waals surface area contributed by atoms with Crippen LogP contribution < -0.4 is 5.32 Å². The lowest BCUT2D eigenvalue weighted by atomic mass is 10.2. The number of likely N-dealkylation sites (N-methyl/N-ethyl adjacent to an activating group) is 1. The van der Waals surface area contributed by atoms with Gasteiger partial charge in [-0.25, -0.2) is 8.78 Å². The summed E-state index contributed by atoms with van der Waals surface area (Å²) in [5.74, 6) is -0.445. The smallest absolute Gasteiger partial charge is 0.123 e. The third-order valence-corrected chi connectivity index (χ3v) is 3.01. The summed E-state index contributed by atoms with van der Waals surface area (Å²) in [4.78, 5) is 2.10. The molecule has 0 radical (unpaired) electrons. The zero-order valence-electron chi connectivity index (χ0n) is 11.4. The predicted molar refractivity (Wildman–Crippen MR) is 77.6 cm³/mol. The number of anilines is 1. The molecule has 20 heavy (non-hydrogen) atoms. The standard InChI is InChI=1S/C16H18F2N2/c1-20(12-13-3-2-4-15(18)11-13)10-9-19-16-7-5-14(17)6-8-16/h2-8,11,19H,9-10,12H2,1H3. The highest BCUT2D eigenvalue weighted by Crippen LogP contribution is 2.08. The Kier molecular flexibility index (Phi) is 5.07. The van der Waals surface area contributed by atoms with Crippen molar-refractivity contribution < 1.29 is 8.78 Å². The second kappa shape index (κ2) is 7.01. The van der Waals surface area contributed by atoms with E-state index in [0.717, 1.165) is 24.3 Å². The lowest BCUT2D eigenvalue weighted by Gasteiger charge is -2.17. The minimum absolute atomic E-state index is 0.208. The van der Waals surface area contributed by atoms with Gasteiger partial charge in [0.1, 0.15) is 11.6 Å². The van der Waals surface area contributed by atoms with Crippen LogP contribution in [0.4, 0.5) is 14.5 Å². The maximum Gasteiger partial charge on any atom is 0.123 e. The molecule has 0 spiro atoms. The SMILES string of the molecule is CN(CCNc1ccc(F)cc1)Cc1cccc(F)c1. The van der Waals surface area contributed by atoms with Crippen molar-refractivity contribution in [1.29, 1.82) is 0 Å². The largest absolute Gasteiger partial charge is 0.384 e. The summed E-state index contributed by atoms with van der Waals surface area (Å²) in [6, 6.07) is 12.9. The molecule has 0 bridgehead atoms. The summed E-state index contributed by atoms with van der Waals surface area (Å²) in [6.45, 7) is 2.26. The quantitative estimate of drug-likeness (QED) is 0.868. The molecule has 0 amide bonds. The van der Waals surface area contributed by atoms with Crippen LogP contribution in [0.5, 0.6) is 0 Å². The molecule has 0 saturated heterocycles. The van der Waals surface area contributed by atoms with E-state index in [1.807, 2.05) is 13.1 Å². The molecule has 0 aliphatic carbocycles. The highest BCUT2D eigenvalue weighted by molar-refractivity contribution is 5.42. The summed E-state index contributed by atoms with van der Waals surface area (Å²) in [5.41, 5.74) is 1.85. The summed E-state index contributed by atoms with van der Waals surface area (Å²) in [6.07, 6.45) is 0. The Morgan fingerprint density at radius 2 is 1.75 bits per heavy atom. The average molecular weight is 276 g/mol. The minimum atomic E-state index is -0.237. The maximum absolute atomic E-state index is 13.1. The highest BCUT2D eigenvalue weighted by Gasteiger charge is 2.01. The Morgan fingerprint density at radius 1 is 1.00 bits per heavy atom. The Bertz CT molecular complexity index is 540. The van der Waals surface area contributed by atoms with Crippen molar-refractivity contribution in [3.8, 4) is 0 Å². The Balaban J connectivity index is 1.75. The van der Waals surface area contributed by atoms with E-state index in [1.54, 1.807) is 24.3 Å². The molecule has 0 unspecified atom stereocenters. The van der Waals surface area contributed by atoms with E-state index < -0.39 is 0 Å². The van der Waals surface area contributed by atoms with Crippen molar-refractivity contribution in [2.75, 3.05) is 25.5 Å². The summed E-state index contributed by atoms with van der Waals surface area (Å²) < 4.78 is 25.8. The van der Waals surface area contributed by atoms with Crippen LogP contribution in [0.2, 0.25) is 0 Å². The Morgan fingerprint density at radius 3 is 2.45 bits per heavy atom. The van der Waals surface area contributed by atoms with E-state index in [-0.39, 0.29) is 11.6 Å². The second-order valence-corrected chi connectivity index (χ2v) is 4.80. The second-order valence-electron chi connectivity index (χ2n) is 4.80. The molecular formula is C16H18F2N2. The topological polar surface area (TPSA) is 15.3 Å². The zero-order chi connectivity index (χ0) is 14.4. The normalized spacial score (nSPS) is 10.8. The van der Waals surface area contributed by atoms with E-state index in [4.69, 9.17) is 0 Å². The van der Waals surface area contributed by atoms with Gasteiger partial charge in [0, 0.05) is 25.3 Å². The van der Waals surface area contributed by atoms with Crippen molar-refractivity contribution in [2.45, 2.75) is 6.54 Å². The van der Waals surface area contributed by atoms with E-state index in [0.29, 0.717) is 6.54 Å². The number of nitrogens with one attached hydrogen (secondary N) is 1. The third kappa shape index (κ3) is 4.63. The van der Waals surface area contributed by atoms with Crippen LogP contribution in [-0.2, 0) is 6.54 Å². The molecule has 1 N–H and O–H groups in total. The van der Waals surface area contributed by atoms with Crippen molar-refractivity contribution in [1.82, 2.24) is 4.90 Å². The van der Waals surface area contributed by atoms with Crippen LogP contribution in [-0.4, -0.2) is 25.0 Å². The lowest BCUT2D eigenvalue weighted by Crippen LogP contribution is -2.24. The summed E-state index contributed by atoms with van der Waals surface area (Å²) >= 11 is 0. The zero-order valence-corrected chi connectivity index (χ0v) is 11.4. The number of halogens is 2. The molecule has 0 aromatic heterocycles. The van der Waals surface area contributed by atoms with E-state index >= 15 is 0 Å². The van der Waals surface area contributed by atoms with Crippen LogP contribution in [0.25, 0.3) is 0 Å². The van der Waals surface area contributed by atoms with Crippen molar-refractivity contribution >= 4 is 5.69 Å². The molecule has 0 heterocycles. The summed E-state index contributed by atoms with van der Waals surface area (Å²) in [7, 11) is 1.98. The number of nitrogens with zero attached hydrogens (tertiary/aromatic N) is 1. The first-order valence-corrected chi connectivity index (χ1v) is 6.56. The molecule has 106 valence electrons. The van der Waals surface area contributed by atoms with Crippen LogP contribution in [0.1, 0.15) is 5.56 Å². The first-order valence-electron chi connectivity index (χ1n) is 6.56. The molecule has 0 saturated carbocycles. The van der Waals surface area contributed by atoms with Gasteiger partial charge in [-0.1, -0.05) is 12.1 Å². The fourth-order valence-corrected chi connectivity index (χ4v) is 1.98. The van der Waals surface area contributed by atoms with Crippen LogP contribution in [0, 0.1) is 11.6 Å². The molecule has 0 atom stereocenters. The lowest BCUT2D eigenvalue weighted by molar-refractivity contribution is 0.339. The average Bonchev–Trinajstić information content (AvgIpc) is 2.41. The van der Waals surface area contributed by atoms with Gasteiger partial charge < -0.3 is 10.2 Å². The summed E-state index contributed by atoms with van der Waals surface area (Å²) in [5, 5.41) is 3.22. The van der Waals surface area contributed by atoms with Gasteiger partial charge in [0.05, 0.1) is 0 Å². The molecule has 2 aromatic carbocycles. The first-order chi connectivity index (χ1) is 9.63. The highest BCUT2D eigenvalue weighted by atomic mass is 19.1. The molecule has 2 rings (SSSR count). The van der Waals surface area contributed by atoms with E-state index in [2.05, 4.69) is 10.2 Å². The van der Waals surface area contributed by atoms with Crippen molar-refractivity contribution in [3.63, 3.8) is 0 Å². The molecular weight excluding hydrogens is 258 g/mol. The molecule has 2 aromatic rings. The molecule has 0 fully saturated rings. The number of benzene rings is 2. The van der Waals surface area contributed by atoms with Gasteiger partial charge in [-0.05, 0) is 49.0 Å². The Labute approximate surface area is 118 Å². The van der Waals surface area contributed by atoms with Crippen LogP contribution in [0.15, 0.2) is 48.5 Å². The third-order valence-electron chi connectivity index (χ3n) is 3.01. The monoisotopic (exact) mass is 276 g/mol. The van der Waals surface area contributed by atoms with Crippen molar-refractivity contribution in [3.05, 3.63) is 65.7 Å². The van der Waals surface area contributed by atoms with Gasteiger partial charge in [0.25, 0.3) is 0 Å². The fourth-order valence-electron chi connectivity index (χ4n) is 1.98. The van der Waals surface area contributed by atoms with E-state index in [9.17, 15) is 8.78 Å². The molecule has 4 heteroatoms. The van der Waals surface area contributed by atoms with Gasteiger partial charge in [-0.15, -0.1) is 0 Å². The van der Waals surface area contributed by atoms with Gasteiger partial charge in [0.15, 0.2) is 0 Å². The molecule has 0 aliphatic rings. The number of hydrogen-bond donors (Lipinski definition) is 1. The number of hydrogen-bond acceptors (Lipinski definition) is 2. The Hall–Kier alpha value is -1.94. The van der Waals surface area contributed by atoms with Gasteiger partial charge in [-0.3, -0.25) is 0 Å². The minimum Gasteiger partial charge on any atom is -0.384 e. The van der Waals surface area contributed by atoms with Gasteiger partial charge in [-0.2, -0.15) is 0 Å².